The Balaban J connectivity index is 1.98. The van der Waals surface area contributed by atoms with Crippen molar-refractivity contribution in [2.24, 2.45) is 0 Å². The van der Waals surface area contributed by atoms with Crippen molar-refractivity contribution in [1.82, 2.24) is 4.90 Å². The van der Waals surface area contributed by atoms with Crippen LogP contribution in [0.3, 0.4) is 0 Å². The Morgan fingerprint density at radius 3 is 2.47 bits per heavy atom. The van der Waals surface area contributed by atoms with Gasteiger partial charge >= 0.3 is 0 Å². The molecule has 0 aliphatic carbocycles. The Kier molecular flexibility index (Phi) is 3.81. The van der Waals surface area contributed by atoms with Crippen molar-refractivity contribution < 1.29 is 0 Å². The number of hydrogen-bond acceptors (Lipinski definition) is 2. The molecule has 0 aromatic heterocycles. The molecule has 1 aliphatic heterocycles. The van der Waals surface area contributed by atoms with Crippen LogP contribution >= 0.6 is 0 Å². The second kappa shape index (κ2) is 5.33. The van der Waals surface area contributed by atoms with Crippen molar-refractivity contribution in [3.63, 3.8) is 0 Å². The maximum absolute atomic E-state index is 9.43. The summed E-state index contributed by atoms with van der Waals surface area (Å²) in [7, 11) is 0. The highest BCUT2D eigenvalue weighted by Gasteiger charge is 2.33. The lowest BCUT2D eigenvalue weighted by Crippen LogP contribution is -2.43. The van der Waals surface area contributed by atoms with Gasteiger partial charge in [-0.15, -0.1) is 0 Å². The van der Waals surface area contributed by atoms with Crippen LogP contribution in [0.4, 0.5) is 0 Å². The molecule has 2 nitrogen and oxygen atoms in total. The van der Waals surface area contributed by atoms with Gasteiger partial charge in [0.15, 0.2) is 0 Å². The molecular formula is C15H20N2. The summed E-state index contributed by atoms with van der Waals surface area (Å²) in [5.74, 6) is 0. The minimum Gasteiger partial charge on any atom is -0.286 e. The molecule has 1 heterocycles. The van der Waals surface area contributed by atoms with Gasteiger partial charge in [-0.05, 0) is 51.3 Å². The molecular weight excluding hydrogens is 208 g/mol. The van der Waals surface area contributed by atoms with Crippen molar-refractivity contribution in [2.45, 2.75) is 38.1 Å². The van der Waals surface area contributed by atoms with Crippen LogP contribution in [0.2, 0.25) is 0 Å². The van der Waals surface area contributed by atoms with Crippen molar-refractivity contribution >= 4 is 0 Å². The first-order valence-corrected chi connectivity index (χ1v) is 6.45. The van der Waals surface area contributed by atoms with Crippen LogP contribution < -0.4 is 0 Å². The fourth-order valence-corrected chi connectivity index (χ4v) is 2.53. The van der Waals surface area contributed by atoms with E-state index in [0.717, 1.165) is 25.9 Å². The molecule has 17 heavy (non-hydrogen) atoms. The van der Waals surface area contributed by atoms with Crippen LogP contribution in [-0.2, 0) is 6.42 Å². The quantitative estimate of drug-likeness (QED) is 0.792. The summed E-state index contributed by atoms with van der Waals surface area (Å²) in [6.45, 7) is 4.25. The van der Waals surface area contributed by atoms with Crippen molar-refractivity contribution in [3.8, 4) is 6.07 Å². The van der Waals surface area contributed by atoms with Crippen LogP contribution in [0.25, 0.3) is 0 Å². The van der Waals surface area contributed by atoms with Gasteiger partial charge in [0, 0.05) is 0 Å². The van der Waals surface area contributed by atoms with Gasteiger partial charge in [-0.1, -0.05) is 30.3 Å². The molecule has 0 N–H and O–H groups in total. The molecule has 0 bridgehead atoms. The van der Waals surface area contributed by atoms with Crippen LogP contribution in [0.1, 0.15) is 31.7 Å². The normalized spacial score (nSPS) is 19.8. The molecule has 1 aromatic carbocycles. The third kappa shape index (κ3) is 2.87. The predicted octanol–water partition coefficient (Wildman–Crippen LogP) is 3.00. The number of rotatable bonds is 4. The van der Waals surface area contributed by atoms with Crippen LogP contribution in [0.15, 0.2) is 30.3 Å². The summed E-state index contributed by atoms with van der Waals surface area (Å²) in [6, 6.07) is 13.0. The fourth-order valence-electron chi connectivity index (χ4n) is 2.53. The van der Waals surface area contributed by atoms with Gasteiger partial charge in [0.1, 0.15) is 5.54 Å². The summed E-state index contributed by atoms with van der Waals surface area (Å²) in [6.07, 6.45) is 4.39. The van der Waals surface area contributed by atoms with E-state index in [9.17, 15) is 5.26 Å². The third-order valence-electron chi connectivity index (χ3n) is 3.79. The molecule has 1 fully saturated rings. The SMILES string of the molecule is CC(C#N)(CCc1ccccc1)N1CCCC1. The molecule has 1 atom stereocenters. The Hall–Kier alpha value is -1.33. The van der Waals surface area contributed by atoms with Crippen LogP contribution in [0.5, 0.6) is 0 Å². The summed E-state index contributed by atoms with van der Waals surface area (Å²) >= 11 is 0. The average molecular weight is 228 g/mol. The lowest BCUT2D eigenvalue weighted by atomic mass is 9.93. The zero-order chi connectivity index (χ0) is 12.1. The summed E-state index contributed by atoms with van der Waals surface area (Å²) in [5, 5.41) is 9.43. The molecule has 0 radical (unpaired) electrons. The first-order valence-electron chi connectivity index (χ1n) is 6.45. The summed E-state index contributed by atoms with van der Waals surface area (Å²) in [5.41, 5.74) is 1.04. The Bertz CT molecular complexity index is 387. The molecule has 1 unspecified atom stereocenters. The van der Waals surface area contributed by atoms with Gasteiger partial charge in [0.25, 0.3) is 0 Å². The van der Waals surface area contributed by atoms with Crippen molar-refractivity contribution in [1.29, 1.82) is 5.26 Å². The van der Waals surface area contributed by atoms with E-state index < -0.39 is 0 Å². The maximum atomic E-state index is 9.43. The van der Waals surface area contributed by atoms with Crippen molar-refractivity contribution in [3.05, 3.63) is 35.9 Å². The molecule has 90 valence electrons. The summed E-state index contributed by atoms with van der Waals surface area (Å²) in [4.78, 5) is 2.34. The van der Waals surface area contributed by atoms with E-state index >= 15 is 0 Å². The van der Waals surface area contributed by atoms with E-state index in [1.54, 1.807) is 0 Å². The molecule has 2 heteroatoms. The number of likely N-dealkylation sites (tertiary alicyclic amines) is 1. The standard InChI is InChI=1S/C15H20N2/c1-15(13-16,17-11-5-6-12-17)10-9-14-7-3-2-4-8-14/h2-4,7-8H,5-6,9-12H2,1H3. The first kappa shape index (κ1) is 12.1. The third-order valence-corrected chi connectivity index (χ3v) is 3.79. The molecule has 1 aliphatic rings. The van der Waals surface area contributed by atoms with E-state index in [0.29, 0.717) is 0 Å². The first-order chi connectivity index (χ1) is 8.24. The Labute approximate surface area is 104 Å². The van der Waals surface area contributed by atoms with Crippen molar-refractivity contribution in [2.75, 3.05) is 13.1 Å². The minimum atomic E-state index is -0.285. The van der Waals surface area contributed by atoms with E-state index in [-0.39, 0.29) is 5.54 Å². The van der Waals surface area contributed by atoms with E-state index in [4.69, 9.17) is 0 Å². The van der Waals surface area contributed by atoms with Gasteiger partial charge in [0.05, 0.1) is 6.07 Å². The molecule has 1 saturated heterocycles. The minimum absolute atomic E-state index is 0.285. The van der Waals surface area contributed by atoms with Crippen LogP contribution in [0, 0.1) is 11.3 Å². The lowest BCUT2D eigenvalue weighted by molar-refractivity contribution is 0.181. The highest BCUT2D eigenvalue weighted by atomic mass is 15.2. The number of benzene rings is 1. The zero-order valence-electron chi connectivity index (χ0n) is 10.5. The molecule has 2 rings (SSSR count). The molecule has 0 spiro atoms. The predicted molar refractivity (Wildman–Crippen MR) is 69.6 cm³/mol. The highest BCUT2D eigenvalue weighted by molar-refractivity contribution is 5.17. The number of hydrogen-bond donors (Lipinski definition) is 0. The maximum Gasteiger partial charge on any atom is 0.106 e. The lowest BCUT2D eigenvalue weighted by Gasteiger charge is -2.32. The van der Waals surface area contributed by atoms with Gasteiger partial charge in [0.2, 0.25) is 0 Å². The van der Waals surface area contributed by atoms with E-state index in [1.807, 2.05) is 6.07 Å². The van der Waals surface area contributed by atoms with Gasteiger partial charge in [-0.25, -0.2) is 0 Å². The average Bonchev–Trinajstić information content (AvgIpc) is 2.92. The Morgan fingerprint density at radius 1 is 1.24 bits per heavy atom. The van der Waals surface area contributed by atoms with Gasteiger partial charge in [-0.3, -0.25) is 4.90 Å². The molecule has 1 aromatic rings. The molecule has 0 amide bonds. The zero-order valence-corrected chi connectivity index (χ0v) is 10.5. The van der Waals surface area contributed by atoms with Gasteiger partial charge < -0.3 is 0 Å². The monoisotopic (exact) mass is 228 g/mol. The summed E-state index contributed by atoms with van der Waals surface area (Å²) < 4.78 is 0. The number of nitrogens with zero attached hydrogens (tertiary/aromatic N) is 2. The Morgan fingerprint density at radius 2 is 1.88 bits per heavy atom. The second-order valence-corrected chi connectivity index (χ2v) is 5.07. The smallest absolute Gasteiger partial charge is 0.106 e. The van der Waals surface area contributed by atoms with E-state index in [2.05, 4.69) is 42.2 Å². The highest BCUT2D eigenvalue weighted by Crippen LogP contribution is 2.25. The van der Waals surface area contributed by atoms with E-state index in [1.165, 1.54) is 18.4 Å². The van der Waals surface area contributed by atoms with Gasteiger partial charge in [-0.2, -0.15) is 5.26 Å². The number of nitriles is 1. The van der Waals surface area contributed by atoms with Crippen LogP contribution in [-0.4, -0.2) is 23.5 Å². The topological polar surface area (TPSA) is 27.0 Å². The fraction of sp³-hybridized carbons (Fsp3) is 0.533. The number of aryl methyl sites for hydroxylation is 1. The second-order valence-electron chi connectivity index (χ2n) is 5.07. The largest absolute Gasteiger partial charge is 0.286 e. The molecule has 0 saturated carbocycles.